The molecule has 22 heavy (non-hydrogen) atoms. The maximum Gasteiger partial charge on any atom is 0.225 e. The maximum absolute atomic E-state index is 11.7. The Kier molecular flexibility index (Phi) is 6.68. The van der Waals surface area contributed by atoms with E-state index >= 15 is 0 Å². The topological polar surface area (TPSA) is 50.4 Å². The molecule has 1 amide bonds. The highest BCUT2D eigenvalue weighted by Gasteiger charge is 2.24. The number of fused-ring (bicyclic) bond motifs is 1. The molecule has 122 valence electrons. The van der Waals surface area contributed by atoms with Crippen LogP contribution in [0.3, 0.4) is 0 Å². The molecular weight excluding hydrogens is 300 g/mol. The molecule has 1 atom stereocenters. The van der Waals surface area contributed by atoms with E-state index in [1.807, 2.05) is 0 Å². The Balaban J connectivity index is 0.00000176. The molecule has 1 aromatic rings. The summed E-state index contributed by atoms with van der Waals surface area (Å²) in [7, 11) is 0. The van der Waals surface area contributed by atoms with Gasteiger partial charge in [0.05, 0.1) is 12.0 Å². The van der Waals surface area contributed by atoms with Gasteiger partial charge in [-0.15, -0.1) is 12.4 Å². The molecule has 1 aromatic carbocycles. The van der Waals surface area contributed by atoms with E-state index in [9.17, 15) is 4.79 Å². The molecule has 1 fully saturated rings. The van der Waals surface area contributed by atoms with E-state index in [0.29, 0.717) is 13.2 Å². The SMILES string of the molecule is Cl.O=C(NCCCOC1CCCc2ccccc21)C1CNC1. The molecular formula is C17H25ClN2O2. The lowest BCUT2D eigenvalue weighted by Gasteiger charge is -2.26. The quantitative estimate of drug-likeness (QED) is 0.789. The zero-order valence-corrected chi connectivity index (χ0v) is 13.7. The number of carbonyl (C=O) groups is 1. The Morgan fingerprint density at radius 1 is 1.32 bits per heavy atom. The summed E-state index contributed by atoms with van der Waals surface area (Å²) in [6, 6.07) is 8.59. The van der Waals surface area contributed by atoms with Crippen LogP contribution in [0.5, 0.6) is 0 Å². The molecule has 1 aliphatic heterocycles. The first-order chi connectivity index (χ1) is 10.3. The largest absolute Gasteiger partial charge is 0.373 e. The summed E-state index contributed by atoms with van der Waals surface area (Å²) in [5.41, 5.74) is 2.79. The predicted octanol–water partition coefficient (Wildman–Crippen LogP) is 2.23. The lowest BCUT2D eigenvalue weighted by molar-refractivity contribution is -0.126. The van der Waals surface area contributed by atoms with Crippen molar-refractivity contribution >= 4 is 18.3 Å². The Bertz CT molecular complexity index is 491. The molecule has 1 saturated heterocycles. The number of rotatable bonds is 6. The average Bonchev–Trinajstić information content (AvgIpc) is 2.45. The summed E-state index contributed by atoms with van der Waals surface area (Å²) >= 11 is 0. The Hall–Kier alpha value is -1.10. The zero-order valence-electron chi connectivity index (χ0n) is 12.8. The number of halogens is 1. The zero-order chi connectivity index (χ0) is 14.5. The summed E-state index contributed by atoms with van der Waals surface area (Å²) < 4.78 is 6.03. The molecule has 1 unspecified atom stereocenters. The van der Waals surface area contributed by atoms with E-state index in [0.717, 1.165) is 25.9 Å². The van der Waals surface area contributed by atoms with Gasteiger partial charge in [-0.3, -0.25) is 4.79 Å². The predicted molar refractivity (Wildman–Crippen MR) is 89.3 cm³/mol. The third-order valence-corrected chi connectivity index (χ3v) is 4.41. The fraction of sp³-hybridized carbons (Fsp3) is 0.588. The minimum Gasteiger partial charge on any atom is -0.373 e. The average molecular weight is 325 g/mol. The van der Waals surface area contributed by atoms with Crippen LogP contribution in [0.1, 0.15) is 36.5 Å². The summed E-state index contributed by atoms with van der Waals surface area (Å²) in [6.07, 6.45) is 4.59. The van der Waals surface area contributed by atoms with E-state index in [2.05, 4.69) is 34.9 Å². The van der Waals surface area contributed by atoms with Gasteiger partial charge >= 0.3 is 0 Å². The summed E-state index contributed by atoms with van der Waals surface area (Å²) in [6.45, 7) is 3.06. The van der Waals surface area contributed by atoms with Gasteiger partial charge in [0.15, 0.2) is 0 Å². The van der Waals surface area contributed by atoms with Crippen LogP contribution in [0.25, 0.3) is 0 Å². The molecule has 1 heterocycles. The number of nitrogens with one attached hydrogen (secondary N) is 2. The van der Waals surface area contributed by atoms with Crippen LogP contribution in [0.2, 0.25) is 0 Å². The van der Waals surface area contributed by atoms with Gasteiger partial charge < -0.3 is 15.4 Å². The Morgan fingerprint density at radius 3 is 2.91 bits per heavy atom. The fourth-order valence-electron chi connectivity index (χ4n) is 3.01. The summed E-state index contributed by atoms with van der Waals surface area (Å²) in [4.78, 5) is 11.7. The molecule has 5 heteroatoms. The summed E-state index contributed by atoms with van der Waals surface area (Å²) in [5, 5.41) is 6.09. The molecule has 3 rings (SSSR count). The molecule has 1 aliphatic carbocycles. The van der Waals surface area contributed by atoms with Crippen LogP contribution in [-0.2, 0) is 16.0 Å². The third-order valence-electron chi connectivity index (χ3n) is 4.41. The molecule has 4 nitrogen and oxygen atoms in total. The van der Waals surface area contributed by atoms with Crippen molar-refractivity contribution < 1.29 is 9.53 Å². The van der Waals surface area contributed by atoms with E-state index in [1.165, 1.54) is 24.0 Å². The molecule has 0 aromatic heterocycles. The fourth-order valence-corrected chi connectivity index (χ4v) is 3.01. The van der Waals surface area contributed by atoms with Crippen molar-refractivity contribution in [3.05, 3.63) is 35.4 Å². The molecule has 0 spiro atoms. The highest BCUT2D eigenvalue weighted by Crippen LogP contribution is 2.32. The van der Waals surface area contributed by atoms with Crippen LogP contribution in [0, 0.1) is 5.92 Å². The molecule has 0 saturated carbocycles. The van der Waals surface area contributed by atoms with Crippen molar-refractivity contribution in [2.75, 3.05) is 26.2 Å². The van der Waals surface area contributed by atoms with Crippen molar-refractivity contribution in [1.29, 1.82) is 0 Å². The van der Waals surface area contributed by atoms with Gasteiger partial charge in [-0.2, -0.15) is 0 Å². The Labute approximate surface area is 138 Å². The van der Waals surface area contributed by atoms with Crippen LogP contribution in [0.4, 0.5) is 0 Å². The van der Waals surface area contributed by atoms with Crippen LogP contribution in [-0.4, -0.2) is 32.1 Å². The minimum atomic E-state index is 0. The highest BCUT2D eigenvalue weighted by atomic mass is 35.5. The van der Waals surface area contributed by atoms with E-state index in [-0.39, 0.29) is 30.3 Å². The molecule has 2 aliphatic rings. The van der Waals surface area contributed by atoms with Crippen LogP contribution in [0.15, 0.2) is 24.3 Å². The van der Waals surface area contributed by atoms with Crippen molar-refractivity contribution in [2.45, 2.75) is 31.8 Å². The number of hydrogen-bond donors (Lipinski definition) is 2. The van der Waals surface area contributed by atoms with Crippen molar-refractivity contribution in [3.63, 3.8) is 0 Å². The van der Waals surface area contributed by atoms with Crippen molar-refractivity contribution in [3.8, 4) is 0 Å². The third kappa shape index (κ3) is 4.22. The highest BCUT2D eigenvalue weighted by molar-refractivity contribution is 5.85. The van der Waals surface area contributed by atoms with Gasteiger partial charge in [-0.05, 0) is 36.8 Å². The van der Waals surface area contributed by atoms with E-state index in [1.54, 1.807) is 0 Å². The minimum absolute atomic E-state index is 0. The molecule has 2 N–H and O–H groups in total. The van der Waals surface area contributed by atoms with Gasteiger partial charge in [0, 0.05) is 26.2 Å². The van der Waals surface area contributed by atoms with Gasteiger partial charge in [0.2, 0.25) is 5.91 Å². The van der Waals surface area contributed by atoms with Crippen molar-refractivity contribution in [1.82, 2.24) is 10.6 Å². The number of ether oxygens (including phenoxy) is 1. The molecule has 0 radical (unpaired) electrons. The second kappa shape index (κ2) is 8.51. The maximum atomic E-state index is 11.7. The van der Waals surface area contributed by atoms with Crippen LogP contribution < -0.4 is 10.6 Å². The second-order valence-electron chi connectivity index (χ2n) is 5.95. The van der Waals surface area contributed by atoms with Crippen LogP contribution >= 0.6 is 12.4 Å². The lowest BCUT2D eigenvalue weighted by Crippen LogP contribution is -2.50. The lowest BCUT2D eigenvalue weighted by atomic mass is 9.89. The van der Waals surface area contributed by atoms with E-state index in [4.69, 9.17) is 4.74 Å². The Morgan fingerprint density at radius 2 is 2.14 bits per heavy atom. The van der Waals surface area contributed by atoms with E-state index < -0.39 is 0 Å². The number of benzene rings is 1. The first kappa shape index (κ1) is 17.3. The normalized spacial score (nSPS) is 20.5. The van der Waals surface area contributed by atoms with Crippen molar-refractivity contribution in [2.24, 2.45) is 5.92 Å². The number of amides is 1. The monoisotopic (exact) mass is 324 g/mol. The standard InChI is InChI=1S/C17H24N2O2.ClH/c20-17(14-11-18-12-14)19-9-4-10-21-16-8-3-6-13-5-1-2-7-15(13)16;/h1-2,5,7,14,16,18H,3-4,6,8-12H2,(H,19,20);1H. The van der Waals surface area contributed by atoms with Gasteiger partial charge in [-0.1, -0.05) is 24.3 Å². The van der Waals surface area contributed by atoms with Gasteiger partial charge in [0.25, 0.3) is 0 Å². The first-order valence-electron chi connectivity index (χ1n) is 8.02. The first-order valence-corrected chi connectivity index (χ1v) is 8.02. The summed E-state index contributed by atoms with van der Waals surface area (Å²) in [5.74, 6) is 0.355. The number of hydrogen-bond acceptors (Lipinski definition) is 3. The second-order valence-corrected chi connectivity index (χ2v) is 5.95. The van der Waals surface area contributed by atoms with Gasteiger partial charge in [0.1, 0.15) is 0 Å². The molecule has 0 bridgehead atoms. The number of carbonyl (C=O) groups excluding carboxylic acids is 1. The van der Waals surface area contributed by atoms with Gasteiger partial charge in [-0.25, -0.2) is 0 Å². The smallest absolute Gasteiger partial charge is 0.225 e. The number of aryl methyl sites for hydroxylation is 1.